The second-order valence-corrected chi connectivity index (χ2v) is 6.88. The molecule has 0 saturated carbocycles. The van der Waals surface area contributed by atoms with Gasteiger partial charge in [-0.1, -0.05) is 12.1 Å². The monoisotopic (exact) mass is 404 g/mol. The molecule has 0 unspecified atom stereocenters. The zero-order valence-electron chi connectivity index (χ0n) is 16.6. The maximum atomic E-state index is 12.1. The van der Waals surface area contributed by atoms with E-state index in [-0.39, 0.29) is 19.1 Å². The summed E-state index contributed by atoms with van der Waals surface area (Å²) >= 11 is 1.12. The van der Waals surface area contributed by atoms with Crippen LogP contribution in [0.2, 0.25) is 0 Å². The summed E-state index contributed by atoms with van der Waals surface area (Å²) in [6.45, 7) is 9.23. The third-order valence-electron chi connectivity index (χ3n) is 3.77. The molecule has 2 aromatic rings. The molecule has 1 aromatic heterocycles. The van der Waals surface area contributed by atoms with Crippen molar-refractivity contribution in [1.29, 1.82) is 0 Å². The van der Waals surface area contributed by atoms with Crippen molar-refractivity contribution in [2.75, 3.05) is 18.5 Å². The summed E-state index contributed by atoms with van der Waals surface area (Å²) in [5, 5.41) is 7.25. The number of hydrazone groups is 1. The van der Waals surface area contributed by atoms with E-state index in [1.807, 2.05) is 32.0 Å². The van der Waals surface area contributed by atoms with E-state index in [1.165, 1.54) is 0 Å². The molecule has 2 rings (SSSR count). The lowest BCUT2D eigenvalue weighted by Gasteiger charge is -2.09. The van der Waals surface area contributed by atoms with Gasteiger partial charge in [-0.2, -0.15) is 9.47 Å². The van der Waals surface area contributed by atoms with Crippen LogP contribution in [0.4, 0.5) is 9.80 Å². The van der Waals surface area contributed by atoms with Gasteiger partial charge in [-0.15, -0.1) is 0 Å². The van der Waals surface area contributed by atoms with Crippen LogP contribution in [0.25, 0.3) is 0 Å². The molecule has 9 heteroatoms. The Labute approximate surface area is 168 Å². The number of rotatable bonds is 7. The Hall–Kier alpha value is -2.94. The van der Waals surface area contributed by atoms with Crippen LogP contribution in [0, 0.1) is 20.8 Å². The minimum atomic E-state index is -0.564. The van der Waals surface area contributed by atoms with Gasteiger partial charge in [-0.25, -0.2) is 10.2 Å². The summed E-state index contributed by atoms with van der Waals surface area (Å²) in [5.74, 6) is 0.274. The fourth-order valence-corrected chi connectivity index (χ4v) is 3.22. The molecule has 1 heterocycles. The molecular formula is C19H24N4O4S. The van der Waals surface area contributed by atoms with Crippen LogP contribution in [0.15, 0.2) is 23.3 Å². The van der Waals surface area contributed by atoms with Crippen LogP contribution in [0.3, 0.4) is 0 Å². The number of carbonyl (C=O) groups is 2. The third kappa shape index (κ3) is 5.78. The minimum Gasteiger partial charge on any atom is -0.483 e. The highest BCUT2D eigenvalue weighted by Crippen LogP contribution is 2.25. The molecule has 0 aliphatic carbocycles. The molecule has 0 fully saturated rings. The molecule has 2 N–H and O–H groups in total. The number of anilines is 1. The van der Waals surface area contributed by atoms with Gasteiger partial charge < -0.3 is 9.47 Å². The average Bonchev–Trinajstić information content (AvgIpc) is 3.00. The lowest BCUT2D eigenvalue weighted by atomic mass is 10.1. The second kappa shape index (κ2) is 9.84. The largest absolute Gasteiger partial charge is 0.483 e. The summed E-state index contributed by atoms with van der Waals surface area (Å²) < 4.78 is 14.7. The average molecular weight is 404 g/mol. The van der Waals surface area contributed by atoms with Crippen molar-refractivity contribution in [3.05, 3.63) is 40.6 Å². The van der Waals surface area contributed by atoms with Gasteiger partial charge in [0, 0.05) is 0 Å². The fraction of sp³-hybridized carbons (Fsp3) is 0.368. The molecule has 2 amide bonds. The molecule has 0 aliphatic heterocycles. The van der Waals surface area contributed by atoms with Crippen molar-refractivity contribution >= 4 is 34.2 Å². The first-order valence-corrected chi connectivity index (χ1v) is 9.52. The number of hydrogen-bond donors (Lipinski definition) is 2. The van der Waals surface area contributed by atoms with Gasteiger partial charge in [0.1, 0.15) is 10.8 Å². The van der Waals surface area contributed by atoms with Crippen molar-refractivity contribution in [1.82, 2.24) is 9.80 Å². The zero-order chi connectivity index (χ0) is 20.7. The number of nitrogens with zero attached hydrogens (tertiary/aromatic N) is 2. The Kier molecular flexibility index (Phi) is 7.51. The van der Waals surface area contributed by atoms with E-state index in [4.69, 9.17) is 9.47 Å². The van der Waals surface area contributed by atoms with Gasteiger partial charge in [0.2, 0.25) is 0 Å². The molecule has 1 aromatic carbocycles. The van der Waals surface area contributed by atoms with E-state index in [0.29, 0.717) is 27.7 Å². The SMILES string of the molecule is CCOC(=O)Nc1snc(C)c1/C(C)=N/NC(=O)COc1cc(C)ccc1C. The first kappa shape index (κ1) is 21.4. The third-order valence-corrected chi connectivity index (χ3v) is 4.62. The van der Waals surface area contributed by atoms with E-state index in [1.54, 1.807) is 20.8 Å². The van der Waals surface area contributed by atoms with Gasteiger partial charge >= 0.3 is 6.09 Å². The van der Waals surface area contributed by atoms with E-state index < -0.39 is 6.09 Å². The van der Waals surface area contributed by atoms with Crippen LogP contribution in [-0.4, -0.2) is 35.3 Å². The molecule has 0 aliphatic rings. The standard InChI is InChI=1S/C19H24N4O4S/c1-6-26-19(25)20-18-17(14(5)23-28-18)13(4)21-22-16(24)10-27-15-9-11(2)7-8-12(15)3/h7-9H,6,10H2,1-5H3,(H,20,25)(H,22,24)/b21-13+. The van der Waals surface area contributed by atoms with Gasteiger partial charge in [-0.05, 0) is 63.3 Å². The number of carbonyl (C=O) groups excluding carboxylic acids is 2. The molecular weight excluding hydrogens is 380 g/mol. The summed E-state index contributed by atoms with van der Waals surface area (Å²) in [7, 11) is 0. The highest BCUT2D eigenvalue weighted by molar-refractivity contribution is 7.11. The number of nitrogens with one attached hydrogen (secondary N) is 2. The first-order valence-electron chi connectivity index (χ1n) is 8.75. The molecule has 150 valence electrons. The van der Waals surface area contributed by atoms with Crippen LogP contribution in [0.1, 0.15) is 36.2 Å². The van der Waals surface area contributed by atoms with Crippen LogP contribution >= 0.6 is 11.5 Å². The topological polar surface area (TPSA) is 102 Å². The van der Waals surface area contributed by atoms with Crippen molar-refractivity contribution in [3.63, 3.8) is 0 Å². The van der Waals surface area contributed by atoms with Crippen LogP contribution in [0.5, 0.6) is 5.75 Å². The molecule has 0 saturated heterocycles. The summed E-state index contributed by atoms with van der Waals surface area (Å²) in [4.78, 5) is 23.7. The Bertz CT molecular complexity index is 892. The van der Waals surface area contributed by atoms with E-state index in [2.05, 4.69) is 20.2 Å². The Balaban J connectivity index is 2.00. The van der Waals surface area contributed by atoms with Gasteiger partial charge in [0.25, 0.3) is 5.91 Å². The van der Waals surface area contributed by atoms with Crippen molar-refractivity contribution in [3.8, 4) is 5.75 Å². The Morgan fingerprint density at radius 2 is 2.00 bits per heavy atom. The lowest BCUT2D eigenvalue weighted by molar-refractivity contribution is -0.123. The fourth-order valence-electron chi connectivity index (χ4n) is 2.38. The van der Waals surface area contributed by atoms with Gasteiger partial charge in [0.05, 0.1) is 23.6 Å². The van der Waals surface area contributed by atoms with E-state index in [9.17, 15) is 9.59 Å². The predicted molar refractivity (Wildman–Crippen MR) is 109 cm³/mol. The summed E-state index contributed by atoms with van der Waals surface area (Å²) in [5.41, 5.74) is 6.32. The first-order chi connectivity index (χ1) is 13.3. The number of amides is 2. The minimum absolute atomic E-state index is 0.157. The number of hydrogen-bond acceptors (Lipinski definition) is 7. The number of benzene rings is 1. The summed E-state index contributed by atoms with van der Waals surface area (Å²) in [6.07, 6.45) is -0.564. The number of aryl methyl sites for hydroxylation is 3. The smallest absolute Gasteiger partial charge is 0.412 e. The zero-order valence-corrected chi connectivity index (χ0v) is 17.4. The molecule has 28 heavy (non-hydrogen) atoms. The predicted octanol–water partition coefficient (Wildman–Crippen LogP) is 3.56. The van der Waals surface area contributed by atoms with Crippen molar-refractivity contribution in [2.45, 2.75) is 34.6 Å². The Morgan fingerprint density at radius 3 is 2.71 bits per heavy atom. The number of ether oxygens (including phenoxy) is 2. The lowest BCUT2D eigenvalue weighted by Crippen LogP contribution is -2.26. The molecule has 0 bridgehead atoms. The number of aromatic nitrogens is 1. The normalized spacial score (nSPS) is 11.1. The highest BCUT2D eigenvalue weighted by atomic mass is 32.1. The maximum absolute atomic E-state index is 12.1. The summed E-state index contributed by atoms with van der Waals surface area (Å²) in [6, 6.07) is 5.80. The second-order valence-electron chi connectivity index (χ2n) is 6.11. The van der Waals surface area contributed by atoms with Crippen molar-refractivity contribution < 1.29 is 19.1 Å². The van der Waals surface area contributed by atoms with Gasteiger partial charge in [0.15, 0.2) is 6.61 Å². The maximum Gasteiger partial charge on any atom is 0.412 e. The Morgan fingerprint density at radius 1 is 1.25 bits per heavy atom. The quantitative estimate of drug-likeness (QED) is 0.543. The van der Waals surface area contributed by atoms with Crippen molar-refractivity contribution in [2.24, 2.45) is 5.10 Å². The van der Waals surface area contributed by atoms with Crippen LogP contribution in [-0.2, 0) is 9.53 Å². The molecule has 0 atom stereocenters. The highest BCUT2D eigenvalue weighted by Gasteiger charge is 2.17. The van der Waals surface area contributed by atoms with Gasteiger partial charge in [-0.3, -0.25) is 10.1 Å². The van der Waals surface area contributed by atoms with E-state index in [0.717, 1.165) is 22.7 Å². The molecule has 0 radical (unpaired) electrons. The van der Waals surface area contributed by atoms with E-state index >= 15 is 0 Å². The molecule has 0 spiro atoms. The van der Waals surface area contributed by atoms with Crippen LogP contribution < -0.4 is 15.5 Å². The molecule has 8 nitrogen and oxygen atoms in total.